The number of amides is 2. The summed E-state index contributed by atoms with van der Waals surface area (Å²) in [7, 11) is 1.74. The number of halogens is 3. The largest absolute Gasteiger partial charge is 0.327 e. The number of rotatable bonds is 4. The van der Waals surface area contributed by atoms with Gasteiger partial charge in [-0.3, -0.25) is 14.3 Å². The molecule has 1 aromatic carbocycles. The molecule has 6 nitrogen and oxygen atoms in total. The maximum absolute atomic E-state index is 12.8. The molecule has 1 unspecified atom stereocenters. The van der Waals surface area contributed by atoms with Crippen molar-refractivity contribution in [2.24, 2.45) is 7.05 Å². The van der Waals surface area contributed by atoms with E-state index in [4.69, 9.17) is 34.8 Å². The van der Waals surface area contributed by atoms with Gasteiger partial charge in [-0.2, -0.15) is 5.10 Å². The quantitative estimate of drug-likeness (QED) is 0.678. The van der Waals surface area contributed by atoms with Crippen LogP contribution < -0.4 is 5.32 Å². The van der Waals surface area contributed by atoms with Crippen molar-refractivity contribution in [3.63, 3.8) is 0 Å². The standard InChI is InChI=1S/C20H21Cl3N4O2/c1-12-14(19(23)26(2)25-12)7-9-18(28)27-10-4-3-5-17(27)20(29)24-13-6-8-15(21)16(22)11-13/h6-9,11,17H,3-5,10H2,1-2H3,(H,24,29)/b9-7+. The van der Waals surface area contributed by atoms with E-state index in [1.165, 1.54) is 6.08 Å². The number of aryl methyl sites for hydroxylation is 2. The van der Waals surface area contributed by atoms with E-state index in [1.807, 2.05) is 6.92 Å². The van der Waals surface area contributed by atoms with Gasteiger partial charge in [0.05, 0.1) is 15.7 Å². The number of carbonyl (C=O) groups is 2. The molecule has 0 radical (unpaired) electrons. The summed E-state index contributed by atoms with van der Waals surface area (Å²) in [6, 6.07) is 4.32. The molecule has 1 saturated heterocycles. The van der Waals surface area contributed by atoms with Crippen LogP contribution in [0.3, 0.4) is 0 Å². The topological polar surface area (TPSA) is 67.2 Å². The molecule has 0 saturated carbocycles. The Morgan fingerprint density at radius 2 is 1.97 bits per heavy atom. The molecule has 1 aromatic heterocycles. The highest BCUT2D eigenvalue weighted by Gasteiger charge is 2.31. The Morgan fingerprint density at radius 3 is 2.62 bits per heavy atom. The lowest BCUT2D eigenvalue weighted by atomic mass is 10.0. The molecule has 29 heavy (non-hydrogen) atoms. The smallest absolute Gasteiger partial charge is 0.247 e. The molecular weight excluding hydrogens is 435 g/mol. The number of aromatic nitrogens is 2. The zero-order valence-corrected chi connectivity index (χ0v) is 18.4. The van der Waals surface area contributed by atoms with Crippen LogP contribution in [-0.2, 0) is 16.6 Å². The van der Waals surface area contributed by atoms with Gasteiger partial charge >= 0.3 is 0 Å². The zero-order valence-electron chi connectivity index (χ0n) is 16.1. The van der Waals surface area contributed by atoms with E-state index in [9.17, 15) is 9.59 Å². The number of carbonyl (C=O) groups excluding carboxylic acids is 2. The molecule has 2 aromatic rings. The maximum Gasteiger partial charge on any atom is 0.247 e. The number of nitrogens with zero attached hydrogens (tertiary/aromatic N) is 3. The predicted octanol–water partition coefficient (Wildman–Crippen LogP) is 4.72. The van der Waals surface area contributed by atoms with Crippen LogP contribution in [0.5, 0.6) is 0 Å². The lowest BCUT2D eigenvalue weighted by molar-refractivity contribution is -0.136. The van der Waals surface area contributed by atoms with Crippen LogP contribution in [0.1, 0.15) is 30.5 Å². The van der Waals surface area contributed by atoms with Crippen molar-refractivity contribution in [3.8, 4) is 0 Å². The lowest BCUT2D eigenvalue weighted by Crippen LogP contribution is -2.49. The summed E-state index contributed by atoms with van der Waals surface area (Å²) in [5, 5.41) is 8.28. The number of benzene rings is 1. The first-order valence-electron chi connectivity index (χ1n) is 9.21. The number of hydrogen-bond donors (Lipinski definition) is 1. The molecular formula is C20H21Cl3N4O2. The van der Waals surface area contributed by atoms with Crippen LogP contribution >= 0.6 is 34.8 Å². The normalized spacial score (nSPS) is 17.0. The molecule has 9 heteroatoms. The van der Waals surface area contributed by atoms with E-state index < -0.39 is 6.04 Å². The van der Waals surface area contributed by atoms with Crippen LogP contribution in [0.2, 0.25) is 15.2 Å². The second-order valence-electron chi connectivity index (χ2n) is 6.91. The molecule has 2 heterocycles. The van der Waals surface area contributed by atoms with Gasteiger partial charge in [0.1, 0.15) is 11.2 Å². The average Bonchev–Trinajstić information content (AvgIpc) is 2.94. The van der Waals surface area contributed by atoms with Crippen molar-refractivity contribution in [2.75, 3.05) is 11.9 Å². The highest BCUT2D eigenvalue weighted by Crippen LogP contribution is 2.26. The fourth-order valence-corrected chi connectivity index (χ4v) is 3.89. The summed E-state index contributed by atoms with van der Waals surface area (Å²) in [5.74, 6) is -0.487. The van der Waals surface area contributed by atoms with Gasteiger partial charge in [-0.15, -0.1) is 0 Å². The first-order chi connectivity index (χ1) is 13.8. The SMILES string of the molecule is Cc1nn(C)c(Cl)c1/C=C/C(=O)N1CCCCC1C(=O)Nc1ccc(Cl)c(Cl)c1. The summed E-state index contributed by atoms with van der Waals surface area (Å²) >= 11 is 18.2. The second-order valence-corrected chi connectivity index (χ2v) is 8.08. The fourth-order valence-electron chi connectivity index (χ4n) is 3.35. The van der Waals surface area contributed by atoms with Gasteiger partial charge < -0.3 is 10.2 Å². The molecule has 1 aliphatic rings. The molecule has 0 bridgehead atoms. The molecule has 2 amide bonds. The van der Waals surface area contributed by atoms with Crippen molar-refractivity contribution in [1.82, 2.24) is 14.7 Å². The average molecular weight is 456 g/mol. The highest BCUT2D eigenvalue weighted by atomic mass is 35.5. The summed E-state index contributed by atoms with van der Waals surface area (Å²) in [6.45, 7) is 2.34. The lowest BCUT2D eigenvalue weighted by Gasteiger charge is -2.34. The van der Waals surface area contributed by atoms with Gasteiger partial charge in [0.15, 0.2) is 0 Å². The minimum Gasteiger partial charge on any atom is -0.327 e. The summed E-state index contributed by atoms with van der Waals surface area (Å²) < 4.78 is 1.55. The van der Waals surface area contributed by atoms with E-state index in [1.54, 1.807) is 40.9 Å². The molecule has 1 aliphatic heterocycles. The van der Waals surface area contributed by atoms with Crippen molar-refractivity contribution in [2.45, 2.75) is 32.2 Å². The van der Waals surface area contributed by atoms with Gasteiger partial charge in [0.25, 0.3) is 0 Å². The third-order valence-corrected chi connectivity index (χ3v) is 6.05. The Kier molecular flexibility index (Phi) is 6.88. The molecule has 1 fully saturated rings. The Labute approximate surface area is 184 Å². The molecule has 1 atom stereocenters. The monoisotopic (exact) mass is 454 g/mol. The molecule has 1 N–H and O–H groups in total. The van der Waals surface area contributed by atoms with Crippen LogP contribution in [0.4, 0.5) is 5.69 Å². The van der Waals surface area contributed by atoms with Crippen molar-refractivity contribution in [3.05, 3.63) is 50.7 Å². The zero-order chi connectivity index (χ0) is 21.1. The molecule has 3 rings (SSSR count). The minimum atomic E-state index is -0.555. The highest BCUT2D eigenvalue weighted by molar-refractivity contribution is 6.42. The van der Waals surface area contributed by atoms with Gasteiger partial charge in [0, 0.05) is 30.9 Å². The van der Waals surface area contributed by atoms with E-state index >= 15 is 0 Å². The minimum absolute atomic E-state index is 0.238. The maximum atomic E-state index is 12.8. The Morgan fingerprint density at radius 1 is 1.21 bits per heavy atom. The van der Waals surface area contributed by atoms with Crippen molar-refractivity contribution in [1.29, 1.82) is 0 Å². The Bertz CT molecular complexity index is 971. The van der Waals surface area contributed by atoms with Gasteiger partial charge in [-0.1, -0.05) is 34.8 Å². The van der Waals surface area contributed by atoms with Crippen LogP contribution in [-0.4, -0.2) is 39.1 Å². The van der Waals surface area contributed by atoms with Crippen LogP contribution in [0, 0.1) is 6.92 Å². The van der Waals surface area contributed by atoms with Crippen LogP contribution in [0.15, 0.2) is 24.3 Å². The summed E-state index contributed by atoms with van der Waals surface area (Å²) in [6.07, 6.45) is 5.42. The number of anilines is 1. The fraction of sp³-hybridized carbons (Fsp3) is 0.350. The van der Waals surface area contributed by atoms with Crippen molar-refractivity contribution >= 4 is 58.4 Å². The summed E-state index contributed by atoms with van der Waals surface area (Å²) in [5.41, 5.74) is 1.96. The van der Waals surface area contributed by atoms with E-state index in [0.717, 1.165) is 18.5 Å². The number of nitrogens with one attached hydrogen (secondary N) is 1. The summed E-state index contributed by atoms with van der Waals surface area (Å²) in [4.78, 5) is 27.2. The third kappa shape index (κ3) is 4.94. The van der Waals surface area contributed by atoms with Crippen LogP contribution in [0.25, 0.3) is 6.08 Å². The number of hydrogen-bond acceptors (Lipinski definition) is 3. The molecule has 0 spiro atoms. The first kappa shape index (κ1) is 21.7. The third-order valence-electron chi connectivity index (χ3n) is 4.86. The van der Waals surface area contributed by atoms with Gasteiger partial charge in [0.2, 0.25) is 11.8 Å². The van der Waals surface area contributed by atoms with Gasteiger partial charge in [-0.25, -0.2) is 0 Å². The van der Waals surface area contributed by atoms with Crippen molar-refractivity contribution < 1.29 is 9.59 Å². The molecule has 0 aliphatic carbocycles. The number of likely N-dealkylation sites (tertiary alicyclic amines) is 1. The Balaban J connectivity index is 1.74. The van der Waals surface area contributed by atoms with E-state index in [2.05, 4.69) is 10.4 Å². The van der Waals surface area contributed by atoms with E-state index in [0.29, 0.717) is 39.4 Å². The predicted molar refractivity (Wildman–Crippen MR) is 116 cm³/mol. The first-order valence-corrected chi connectivity index (χ1v) is 10.3. The van der Waals surface area contributed by atoms with Gasteiger partial charge in [-0.05, 0) is 50.5 Å². The number of piperidine rings is 1. The Hall–Kier alpha value is -2.02. The molecule has 154 valence electrons. The second kappa shape index (κ2) is 9.20. The van der Waals surface area contributed by atoms with E-state index in [-0.39, 0.29) is 11.8 Å².